The van der Waals surface area contributed by atoms with Gasteiger partial charge in [0.25, 0.3) is 0 Å². The third kappa shape index (κ3) is 7.22. The van der Waals surface area contributed by atoms with Crippen LogP contribution in [-0.2, 0) is 4.79 Å². The SMILES string of the molecule is CC(C)CC(=O)O.COc1cc(C)ccc1O. The van der Waals surface area contributed by atoms with Gasteiger partial charge in [0, 0.05) is 6.42 Å². The molecule has 0 bridgehead atoms. The summed E-state index contributed by atoms with van der Waals surface area (Å²) in [5.41, 5.74) is 1.08. The minimum atomic E-state index is -0.713. The molecule has 0 atom stereocenters. The van der Waals surface area contributed by atoms with Gasteiger partial charge in [0.05, 0.1) is 7.11 Å². The average Bonchev–Trinajstić information content (AvgIpc) is 2.20. The van der Waals surface area contributed by atoms with E-state index in [1.807, 2.05) is 26.8 Å². The summed E-state index contributed by atoms with van der Waals surface area (Å²) in [6, 6.07) is 5.24. The summed E-state index contributed by atoms with van der Waals surface area (Å²) in [5, 5.41) is 17.2. The van der Waals surface area contributed by atoms with E-state index in [1.54, 1.807) is 12.1 Å². The normalized spacial score (nSPS) is 9.47. The van der Waals surface area contributed by atoms with Crippen LogP contribution in [0.25, 0.3) is 0 Å². The molecule has 96 valence electrons. The molecule has 0 aliphatic rings. The topological polar surface area (TPSA) is 66.8 Å². The Kier molecular flexibility index (Phi) is 6.79. The monoisotopic (exact) mass is 240 g/mol. The molecule has 1 rings (SSSR count). The number of carboxylic acid groups (broad SMARTS) is 1. The van der Waals surface area contributed by atoms with E-state index in [0.29, 0.717) is 5.75 Å². The molecular formula is C13H20O4. The molecule has 0 aliphatic carbocycles. The molecule has 1 aromatic carbocycles. The molecule has 0 spiro atoms. The Hall–Kier alpha value is -1.71. The molecule has 0 aliphatic heterocycles. The van der Waals surface area contributed by atoms with Gasteiger partial charge in [-0.2, -0.15) is 0 Å². The number of hydrogen-bond donors (Lipinski definition) is 2. The number of phenols is 1. The molecule has 0 saturated carbocycles. The standard InChI is InChI=1S/C8H10O2.C5H10O2/c1-6-3-4-7(9)8(5-6)10-2;1-4(2)3-5(6)7/h3-5,9H,1-2H3;4H,3H2,1-2H3,(H,6,7). The van der Waals surface area contributed by atoms with Crippen LogP contribution in [0.15, 0.2) is 18.2 Å². The lowest BCUT2D eigenvalue weighted by Gasteiger charge is -2.02. The van der Waals surface area contributed by atoms with E-state index >= 15 is 0 Å². The second-order valence-electron chi connectivity index (χ2n) is 4.17. The van der Waals surface area contributed by atoms with Crippen LogP contribution < -0.4 is 4.74 Å². The van der Waals surface area contributed by atoms with Crippen LogP contribution in [0.4, 0.5) is 0 Å². The van der Waals surface area contributed by atoms with E-state index in [-0.39, 0.29) is 18.1 Å². The van der Waals surface area contributed by atoms with Crippen molar-refractivity contribution in [1.82, 2.24) is 0 Å². The van der Waals surface area contributed by atoms with Gasteiger partial charge >= 0.3 is 5.97 Å². The summed E-state index contributed by atoms with van der Waals surface area (Å²) in [6.45, 7) is 5.71. The number of carboxylic acids is 1. The van der Waals surface area contributed by atoms with Crippen molar-refractivity contribution in [3.63, 3.8) is 0 Å². The zero-order valence-electron chi connectivity index (χ0n) is 10.7. The van der Waals surface area contributed by atoms with Crippen molar-refractivity contribution in [2.75, 3.05) is 7.11 Å². The Labute approximate surface area is 102 Å². The molecule has 0 unspecified atom stereocenters. The zero-order valence-corrected chi connectivity index (χ0v) is 10.7. The zero-order chi connectivity index (χ0) is 13.4. The van der Waals surface area contributed by atoms with Crippen molar-refractivity contribution in [3.8, 4) is 11.5 Å². The highest BCUT2D eigenvalue weighted by molar-refractivity contribution is 5.66. The van der Waals surface area contributed by atoms with Crippen LogP contribution in [0, 0.1) is 12.8 Å². The van der Waals surface area contributed by atoms with Gasteiger partial charge < -0.3 is 14.9 Å². The summed E-state index contributed by atoms with van der Waals surface area (Å²) in [6.07, 6.45) is 0.278. The fraction of sp³-hybridized carbons (Fsp3) is 0.462. The van der Waals surface area contributed by atoms with Gasteiger partial charge in [-0.1, -0.05) is 19.9 Å². The van der Waals surface area contributed by atoms with Crippen LogP contribution >= 0.6 is 0 Å². The largest absolute Gasteiger partial charge is 0.504 e. The molecule has 4 heteroatoms. The fourth-order valence-corrected chi connectivity index (χ4v) is 1.13. The number of hydrogen-bond acceptors (Lipinski definition) is 3. The number of methoxy groups -OCH3 is 1. The number of rotatable bonds is 3. The molecule has 4 nitrogen and oxygen atoms in total. The van der Waals surface area contributed by atoms with E-state index in [2.05, 4.69) is 0 Å². The van der Waals surface area contributed by atoms with Gasteiger partial charge in [-0.05, 0) is 30.5 Å². The lowest BCUT2D eigenvalue weighted by Crippen LogP contribution is -1.99. The van der Waals surface area contributed by atoms with E-state index in [9.17, 15) is 4.79 Å². The second kappa shape index (κ2) is 7.54. The minimum Gasteiger partial charge on any atom is -0.504 e. The number of ether oxygens (including phenoxy) is 1. The maximum atomic E-state index is 9.81. The highest BCUT2D eigenvalue weighted by Crippen LogP contribution is 2.25. The number of benzene rings is 1. The third-order valence-corrected chi connectivity index (χ3v) is 1.92. The highest BCUT2D eigenvalue weighted by atomic mass is 16.5. The van der Waals surface area contributed by atoms with E-state index in [4.69, 9.17) is 14.9 Å². The van der Waals surface area contributed by atoms with Crippen LogP contribution in [-0.4, -0.2) is 23.3 Å². The molecule has 17 heavy (non-hydrogen) atoms. The van der Waals surface area contributed by atoms with E-state index < -0.39 is 5.97 Å². The quantitative estimate of drug-likeness (QED) is 0.852. The van der Waals surface area contributed by atoms with Gasteiger partial charge in [-0.15, -0.1) is 0 Å². The summed E-state index contributed by atoms with van der Waals surface area (Å²) in [7, 11) is 1.54. The molecule has 0 amide bonds. The second-order valence-corrected chi connectivity index (χ2v) is 4.17. The summed E-state index contributed by atoms with van der Waals surface area (Å²) in [5.74, 6) is 0.278. The molecule has 0 fully saturated rings. The number of aliphatic carboxylic acids is 1. The maximum absolute atomic E-state index is 9.81. The Morgan fingerprint density at radius 1 is 1.41 bits per heavy atom. The van der Waals surface area contributed by atoms with Crippen molar-refractivity contribution >= 4 is 5.97 Å². The van der Waals surface area contributed by atoms with Crippen molar-refractivity contribution in [3.05, 3.63) is 23.8 Å². The van der Waals surface area contributed by atoms with Crippen molar-refractivity contribution in [2.24, 2.45) is 5.92 Å². The van der Waals surface area contributed by atoms with Gasteiger partial charge in [0.1, 0.15) is 0 Å². The van der Waals surface area contributed by atoms with Crippen LogP contribution in [0.2, 0.25) is 0 Å². The molecule has 0 radical (unpaired) electrons. The van der Waals surface area contributed by atoms with E-state index in [0.717, 1.165) is 5.56 Å². The first-order valence-electron chi connectivity index (χ1n) is 5.42. The fourth-order valence-electron chi connectivity index (χ4n) is 1.13. The third-order valence-electron chi connectivity index (χ3n) is 1.92. The summed E-state index contributed by atoms with van der Waals surface area (Å²) >= 11 is 0. The van der Waals surface area contributed by atoms with Gasteiger partial charge in [-0.25, -0.2) is 0 Å². The minimum absolute atomic E-state index is 0.188. The van der Waals surface area contributed by atoms with Gasteiger partial charge in [-0.3, -0.25) is 4.79 Å². The number of aromatic hydroxyl groups is 1. The van der Waals surface area contributed by atoms with Crippen molar-refractivity contribution < 1.29 is 19.7 Å². The Balaban J connectivity index is 0.000000325. The first kappa shape index (κ1) is 15.3. The number of phenolic OH excluding ortho intramolecular Hbond substituents is 1. The average molecular weight is 240 g/mol. The lowest BCUT2D eigenvalue weighted by molar-refractivity contribution is -0.137. The Bertz CT molecular complexity index is 358. The van der Waals surface area contributed by atoms with Crippen LogP contribution in [0.1, 0.15) is 25.8 Å². The Morgan fingerprint density at radius 3 is 2.29 bits per heavy atom. The first-order chi connectivity index (χ1) is 7.86. The summed E-state index contributed by atoms with van der Waals surface area (Å²) < 4.78 is 4.88. The van der Waals surface area contributed by atoms with Crippen LogP contribution in [0.3, 0.4) is 0 Å². The molecule has 1 aromatic rings. The molecular weight excluding hydrogens is 220 g/mol. The van der Waals surface area contributed by atoms with Gasteiger partial charge in [0.15, 0.2) is 11.5 Å². The molecule has 0 aromatic heterocycles. The highest BCUT2D eigenvalue weighted by Gasteiger charge is 1.98. The molecule has 2 N–H and O–H groups in total. The lowest BCUT2D eigenvalue weighted by atomic mass is 10.1. The number of carbonyl (C=O) groups is 1. The predicted molar refractivity (Wildman–Crippen MR) is 66.5 cm³/mol. The smallest absolute Gasteiger partial charge is 0.303 e. The Morgan fingerprint density at radius 2 is 2.00 bits per heavy atom. The first-order valence-corrected chi connectivity index (χ1v) is 5.42. The maximum Gasteiger partial charge on any atom is 0.303 e. The van der Waals surface area contributed by atoms with Gasteiger partial charge in [0.2, 0.25) is 0 Å². The molecule has 0 saturated heterocycles. The number of aryl methyl sites for hydroxylation is 1. The van der Waals surface area contributed by atoms with Crippen molar-refractivity contribution in [2.45, 2.75) is 27.2 Å². The van der Waals surface area contributed by atoms with E-state index in [1.165, 1.54) is 7.11 Å². The summed E-state index contributed by atoms with van der Waals surface area (Å²) in [4.78, 5) is 9.81. The predicted octanol–water partition coefficient (Wildman–Crippen LogP) is 2.83. The van der Waals surface area contributed by atoms with Crippen molar-refractivity contribution in [1.29, 1.82) is 0 Å². The van der Waals surface area contributed by atoms with Crippen LogP contribution in [0.5, 0.6) is 11.5 Å². The molecule has 0 heterocycles.